The summed E-state index contributed by atoms with van der Waals surface area (Å²) in [6, 6.07) is 5.13. The standard InChI is InChI=1S/C15H25NS/c1-2-3-6-11-16-15(13-8-4-5-9-13)14-10-7-12-17-14/h7,10,12-13,15-16H,2-6,8-9,11H2,1H3. The van der Waals surface area contributed by atoms with E-state index in [-0.39, 0.29) is 0 Å². The summed E-state index contributed by atoms with van der Waals surface area (Å²) < 4.78 is 0. The molecular formula is C15H25NS. The van der Waals surface area contributed by atoms with E-state index in [1.165, 1.54) is 51.5 Å². The Morgan fingerprint density at radius 3 is 2.82 bits per heavy atom. The van der Waals surface area contributed by atoms with Crippen LogP contribution in [-0.2, 0) is 0 Å². The quantitative estimate of drug-likeness (QED) is 0.689. The first-order valence-electron chi connectivity index (χ1n) is 7.18. The molecule has 1 aliphatic rings. The number of nitrogens with one attached hydrogen (secondary N) is 1. The molecule has 96 valence electrons. The summed E-state index contributed by atoms with van der Waals surface area (Å²) in [5.74, 6) is 0.885. The third-order valence-corrected chi connectivity index (χ3v) is 4.82. The zero-order valence-electron chi connectivity index (χ0n) is 11.0. The fraction of sp³-hybridized carbons (Fsp3) is 0.733. The summed E-state index contributed by atoms with van der Waals surface area (Å²) >= 11 is 1.92. The highest BCUT2D eigenvalue weighted by molar-refractivity contribution is 7.10. The molecule has 2 rings (SSSR count). The third-order valence-electron chi connectivity index (χ3n) is 3.87. The van der Waals surface area contributed by atoms with Crippen LogP contribution in [0.3, 0.4) is 0 Å². The smallest absolute Gasteiger partial charge is 0.0443 e. The van der Waals surface area contributed by atoms with Gasteiger partial charge in [0.1, 0.15) is 0 Å². The normalized spacial score (nSPS) is 18.6. The highest BCUT2D eigenvalue weighted by Gasteiger charge is 2.26. The van der Waals surface area contributed by atoms with Crippen molar-refractivity contribution in [2.45, 2.75) is 57.9 Å². The van der Waals surface area contributed by atoms with Crippen molar-refractivity contribution in [3.05, 3.63) is 22.4 Å². The van der Waals surface area contributed by atoms with Gasteiger partial charge in [-0.05, 0) is 43.2 Å². The molecule has 0 aliphatic heterocycles. The van der Waals surface area contributed by atoms with Crippen molar-refractivity contribution in [1.29, 1.82) is 0 Å². The topological polar surface area (TPSA) is 12.0 Å². The van der Waals surface area contributed by atoms with E-state index in [4.69, 9.17) is 0 Å². The van der Waals surface area contributed by atoms with E-state index in [1.54, 1.807) is 4.88 Å². The summed E-state index contributed by atoms with van der Waals surface area (Å²) in [5, 5.41) is 6.02. The first kappa shape index (κ1) is 13.1. The van der Waals surface area contributed by atoms with Crippen LogP contribution in [0.5, 0.6) is 0 Å². The largest absolute Gasteiger partial charge is 0.309 e. The number of hydrogen-bond donors (Lipinski definition) is 1. The minimum Gasteiger partial charge on any atom is -0.309 e. The van der Waals surface area contributed by atoms with Crippen molar-refractivity contribution >= 4 is 11.3 Å². The number of unbranched alkanes of at least 4 members (excludes halogenated alkanes) is 2. The van der Waals surface area contributed by atoms with Gasteiger partial charge in [0, 0.05) is 10.9 Å². The average molecular weight is 251 g/mol. The molecule has 1 aromatic heterocycles. The van der Waals surface area contributed by atoms with Crippen molar-refractivity contribution in [3.63, 3.8) is 0 Å². The van der Waals surface area contributed by atoms with Crippen molar-refractivity contribution in [1.82, 2.24) is 5.32 Å². The van der Waals surface area contributed by atoms with Gasteiger partial charge in [-0.3, -0.25) is 0 Å². The molecule has 17 heavy (non-hydrogen) atoms. The molecule has 1 heterocycles. The van der Waals surface area contributed by atoms with Gasteiger partial charge < -0.3 is 5.32 Å². The van der Waals surface area contributed by atoms with Crippen LogP contribution in [0.2, 0.25) is 0 Å². The van der Waals surface area contributed by atoms with E-state index in [9.17, 15) is 0 Å². The maximum Gasteiger partial charge on any atom is 0.0443 e. The van der Waals surface area contributed by atoms with Crippen LogP contribution in [-0.4, -0.2) is 6.54 Å². The Hall–Kier alpha value is -0.340. The molecule has 1 fully saturated rings. The van der Waals surface area contributed by atoms with E-state index >= 15 is 0 Å². The van der Waals surface area contributed by atoms with Gasteiger partial charge in [-0.25, -0.2) is 0 Å². The Balaban J connectivity index is 1.88. The van der Waals surface area contributed by atoms with Crippen molar-refractivity contribution < 1.29 is 0 Å². The van der Waals surface area contributed by atoms with Gasteiger partial charge in [0.25, 0.3) is 0 Å². The second-order valence-electron chi connectivity index (χ2n) is 5.20. The van der Waals surface area contributed by atoms with Gasteiger partial charge >= 0.3 is 0 Å². The lowest BCUT2D eigenvalue weighted by Gasteiger charge is -2.23. The third kappa shape index (κ3) is 3.82. The maximum absolute atomic E-state index is 3.81. The van der Waals surface area contributed by atoms with Crippen LogP contribution in [0.15, 0.2) is 17.5 Å². The van der Waals surface area contributed by atoms with E-state index in [2.05, 4.69) is 29.8 Å². The van der Waals surface area contributed by atoms with Gasteiger partial charge in [0.15, 0.2) is 0 Å². The fourth-order valence-electron chi connectivity index (χ4n) is 2.89. The Kier molecular flexibility index (Phi) is 5.53. The highest BCUT2D eigenvalue weighted by atomic mass is 32.1. The SMILES string of the molecule is CCCCCNC(c1cccs1)C1CCCC1. The van der Waals surface area contributed by atoms with Gasteiger partial charge in [-0.2, -0.15) is 0 Å². The summed E-state index contributed by atoms with van der Waals surface area (Å²) in [6.07, 6.45) is 9.70. The summed E-state index contributed by atoms with van der Waals surface area (Å²) in [7, 11) is 0. The zero-order chi connectivity index (χ0) is 11.9. The molecule has 0 bridgehead atoms. The molecule has 0 radical (unpaired) electrons. The minimum atomic E-state index is 0.634. The van der Waals surface area contributed by atoms with Gasteiger partial charge in [-0.1, -0.05) is 38.7 Å². The molecule has 0 saturated heterocycles. The predicted molar refractivity (Wildman–Crippen MR) is 76.5 cm³/mol. The van der Waals surface area contributed by atoms with E-state index in [1.807, 2.05) is 11.3 Å². The molecule has 1 atom stereocenters. The molecule has 1 saturated carbocycles. The Bertz CT molecular complexity index is 288. The number of thiophene rings is 1. The maximum atomic E-state index is 3.81. The van der Waals surface area contributed by atoms with E-state index < -0.39 is 0 Å². The summed E-state index contributed by atoms with van der Waals surface area (Å²) in [6.45, 7) is 3.46. The molecule has 0 spiro atoms. The monoisotopic (exact) mass is 251 g/mol. The van der Waals surface area contributed by atoms with Gasteiger partial charge in [0.05, 0.1) is 0 Å². The second-order valence-corrected chi connectivity index (χ2v) is 6.18. The lowest BCUT2D eigenvalue weighted by Crippen LogP contribution is -2.27. The molecule has 0 aromatic carbocycles. The Labute approximate surface area is 110 Å². The van der Waals surface area contributed by atoms with Crippen LogP contribution in [0.4, 0.5) is 0 Å². The van der Waals surface area contributed by atoms with E-state index in [0.717, 1.165) is 5.92 Å². The lowest BCUT2D eigenvalue weighted by atomic mass is 9.96. The van der Waals surface area contributed by atoms with Crippen LogP contribution in [0.1, 0.15) is 62.8 Å². The van der Waals surface area contributed by atoms with Crippen LogP contribution >= 0.6 is 11.3 Å². The van der Waals surface area contributed by atoms with Gasteiger partial charge in [-0.15, -0.1) is 11.3 Å². The zero-order valence-corrected chi connectivity index (χ0v) is 11.8. The van der Waals surface area contributed by atoms with Crippen LogP contribution in [0, 0.1) is 5.92 Å². The molecule has 1 aliphatic carbocycles. The average Bonchev–Trinajstić information content (AvgIpc) is 3.02. The van der Waals surface area contributed by atoms with Crippen molar-refractivity contribution in [2.75, 3.05) is 6.54 Å². The molecule has 1 N–H and O–H groups in total. The lowest BCUT2D eigenvalue weighted by molar-refractivity contribution is 0.369. The molecule has 1 unspecified atom stereocenters. The summed E-state index contributed by atoms with van der Waals surface area (Å²) in [4.78, 5) is 1.55. The highest BCUT2D eigenvalue weighted by Crippen LogP contribution is 2.37. The van der Waals surface area contributed by atoms with Gasteiger partial charge in [0.2, 0.25) is 0 Å². The first-order valence-corrected chi connectivity index (χ1v) is 8.06. The second kappa shape index (κ2) is 7.17. The molecule has 0 amide bonds. The molecule has 1 nitrogen and oxygen atoms in total. The molecular weight excluding hydrogens is 226 g/mol. The minimum absolute atomic E-state index is 0.634. The fourth-order valence-corrected chi connectivity index (χ4v) is 3.78. The summed E-state index contributed by atoms with van der Waals surface area (Å²) in [5.41, 5.74) is 0. The Morgan fingerprint density at radius 2 is 2.18 bits per heavy atom. The number of hydrogen-bond acceptors (Lipinski definition) is 2. The predicted octanol–water partition coefficient (Wildman–Crippen LogP) is 4.76. The Morgan fingerprint density at radius 1 is 1.35 bits per heavy atom. The van der Waals surface area contributed by atoms with Crippen LogP contribution in [0.25, 0.3) is 0 Å². The van der Waals surface area contributed by atoms with Crippen molar-refractivity contribution in [2.24, 2.45) is 5.92 Å². The first-order chi connectivity index (χ1) is 8.42. The number of rotatable bonds is 7. The van der Waals surface area contributed by atoms with E-state index in [0.29, 0.717) is 6.04 Å². The van der Waals surface area contributed by atoms with Crippen LogP contribution < -0.4 is 5.32 Å². The molecule has 2 heteroatoms. The van der Waals surface area contributed by atoms with Crippen molar-refractivity contribution in [3.8, 4) is 0 Å². The molecule has 1 aromatic rings.